The number of rotatable bonds is 4. The molecule has 84 valence electrons. The Labute approximate surface area is 100 Å². The first kappa shape index (κ1) is 12.5. The number of nitrogens with zero attached hydrogens (tertiary/aromatic N) is 2. The van der Waals surface area contributed by atoms with Crippen molar-refractivity contribution >= 4 is 17.5 Å². The van der Waals surface area contributed by atoms with Gasteiger partial charge in [-0.1, -0.05) is 23.7 Å². The van der Waals surface area contributed by atoms with Crippen LogP contribution in [0.25, 0.3) is 0 Å². The zero-order chi connectivity index (χ0) is 12.0. The van der Waals surface area contributed by atoms with Crippen molar-refractivity contribution in [2.45, 2.75) is 12.8 Å². The highest BCUT2D eigenvalue weighted by molar-refractivity contribution is 6.30. The summed E-state index contributed by atoms with van der Waals surface area (Å²) in [7, 11) is 1.70. The lowest BCUT2D eigenvalue weighted by molar-refractivity contribution is -0.129. The van der Waals surface area contributed by atoms with E-state index in [4.69, 9.17) is 16.9 Å². The van der Waals surface area contributed by atoms with E-state index in [2.05, 4.69) is 0 Å². The molecule has 0 N–H and O–H groups in total. The Morgan fingerprint density at radius 1 is 1.44 bits per heavy atom. The van der Waals surface area contributed by atoms with Crippen LogP contribution in [-0.4, -0.2) is 24.4 Å². The van der Waals surface area contributed by atoms with Crippen molar-refractivity contribution in [1.82, 2.24) is 4.90 Å². The summed E-state index contributed by atoms with van der Waals surface area (Å²) in [5, 5.41) is 9.08. The molecule has 0 saturated carbocycles. The fraction of sp³-hybridized carbons (Fsp3) is 0.333. The van der Waals surface area contributed by atoms with Gasteiger partial charge in [-0.15, -0.1) is 0 Å². The van der Waals surface area contributed by atoms with Crippen LogP contribution >= 0.6 is 11.6 Å². The Morgan fingerprint density at radius 3 is 2.62 bits per heavy atom. The summed E-state index contributed by atoms with van der Waals surface area (Å²) in [6.45, 7) is 0.475. The Morgan fingerprint density at radius 2 is 2.06 bits per heavy atom. The Kier molecular flexibility index (Phi) is 4.81. The Balaban J connectivity index is 2.51. The van der Waals surface area contributed by atoms with E-state index in [9.17, 15) is 4.79 Å². The van der Waals surface area contributed by atoms with E-state index in [1.165, 1.54) is 0 Å². The molecule has 0 bridgehead atoms. The SMILES string of the molecule is CN(CCC#N)C(=O)Cc1ccc(Cl)cc1. The minimum absolute atomic E-state index is 0.0116. The van der Waals surface area contributed by atoms with E-state index >= 15 is 0 Å². The lowest BCUT2D eigenvalue weighted by Gasteiger charge is -2.15. The molecular formula is C12H13ClN2O. The van der Waals surface area contributed by atoms with Crippen LogP contribution in [0.3, 0.4) is 0 Å². The Bertz CT molecular complexity index is 394. The third-order valence-electron chi connectivity index (χ3n) is 2.25. The summed E-state index contributed by atoms with van der Waals surface area (Å²) in [6.07, 6.45) is 0.710. The van der Waals surface area contributed by atoms with Crippen molar-refractivity contribution in [1.29, 1.82) is 5.26 Å². The van der Waals surface area contributed by atoms with Gasteiger partial charge in [-0.25, -0.2) is 0 Å². The number of halogens is 1. The zero-order valence-corrected chi connectivity index (χ0v) is 9.87. The topological polar surface area (TPSA) is 44.1 Å². The van der Waals surface area contributed by atoms with E-state index in [1.54, 1.807) is 24.1 Å². The predicted octanol–water partition coefficient (Wildman–Crippen LogP) is 2.25. The largest absolute Gasteiger partial charge is 0.344 e. The number of carbonyl (C=O) groups excluding carboxylic acids is 1. The van der Waals surface area contributed by atoms with Gasteiger partial charge >= 0.3 is 0 Å². The monoisotopic (exact) mass is 236 g/mol. The van der Waals surface area contributed by atoms with Gasteiger partial charge in [-0.3, -0.25) is 4.79 Å². The lowest BCUT2D eigenvalue weighted by atomic mass is 10.1. The molecule has 0 aromatic heterocycles. The maximum atomic E-state index is 11.7. The zero-order valence-electron chi connectivity index (χ0n) is 9.11. The number of amides is 1. The molecule has 1 aromatic carbocycles. The van der Waals surface area contributed by atoms with Gasteiger partial charge in [0.05, 0.1) is 18.9 Å². The molecule has 1 rings (SSSR count). The summed E-state index contributed by atoms with van der Waals surface area (Å²) >= 11 is 5.75. The summed E-state index contributed by atoms with van der Waals surface area (Å²) in [6, 6.07) is 9.20. The average molecular weight is 237 g/mol. The quantitative estimate of drug-likeness (QED) is 0.805. The van der Waals surface area contributed by atoms with E-state index in [1.807, 2.05) is 18.2 Å². The average Bonchev–Trinajstić information content (AvgIpc) is 2.29. The van der Waals surface area contributed by atoms with Crippen molar-refractivity contribution in [2.75, 3.05) is 13.6 Å². The van der Waals surface area contributed by atoms with Crippen LogP contribution < -0.4 is 0 Å². The minimum atomic E-state index is 0.0116. The maximum Gasteiger partial charge on any atom is 0.226 e. The molecule has 0 unspecified atom stereocenters. The molecule has 0 aliphatic heterocycles. The normalized spacial score (nSPS) is 9.56. The number of likely N-dealkylation sites (N-methyl/N-ethyl adjacent to an activating group) is 1. The van der Waals surface area contributed by atoms with Crippen molar-refractivity contribution in [3.63, 3.8) is 0 Å². The van der Waals surface area contributed by atoms with Crippen molar-refractivity contribution in [3.8, 4) is 6.07 Å². The summed E-state index contributed by atoms with van der Waals surface area (Å²) in [5.41, 5.74) is 0.929. The third kappa shape index (κ3) is 3.92. The van der Waals surface area contributed by atoms with Gasteiger partial charge in [0.15, 0.2) is 0 Å². The van der Waals surface area contributed by atoms with Crippen molar-refractivity contribution < 1.29 is 4.79 Å². The first-order chi connectivity index (χ1) is 7.63. The van der Waals surface area contributed by atoms with Crippen LogP contribution in [0.4, 0.5) is 0 Å². The fourth-order valence-electron chi connectivity index (χ4n) is 1.25. The van der Waals surface area contributed by atoms with Gasteiger partial charge in [0.1, 0.15) is 0 Å². The highest BCUT2D eigenvalue weighted by Gasteiger charge is 2.08. The highest BCUT2D eigenvalue weighted by atomic mass is 35.5. The lowest BCUT2D eigenvalue weighted by Crippen LogP contribution is -2.28. The van der Waals surface area contributed by atoms with Crippen molar-refractivity contribution in [3.05, 3.63) is 34.9 Å². The van der Waals surface area contributed by atoms with Crippen LogP contribution in [-0.2, 0) is 11.2 Å². The fourth-order valence-corrected chi connectivity index (χ4v) is 1.38. The van der Waals surface area contributed by atoms with Crippen LogP contribution in [0.1, 0.15) is 12.0 Å². The van der Waals surface area contributed by atoms with Gasteiger partial charge in [-0.05, 0) is 17.7 Å². The van der Waals surface area contributed by atoms with Gasteiger partial charge in [0.25, 0.3) is 0 Å². The molecular weight excluding hydrogens is 224 g/mol. The summed E-state index contributed by atoms with van der Waals surface area (Å²) in [5.74, 6) is 0.0116. The first-order valence-electron chi connectivity index (χ1n) is 4.99. The predicted molar refractivity (Wildman–Crippen MR) is 63.0 cm³/mol. The van der Waals surface area contributed by atoms with E-state index in [0.717, 1.165) is 5.56 Å². The Hall–Kier alpha value is -1.53. The van der Waals surface area contributed by atoms with Crippen LogP contribution in [0.5, 0.6) is 0 Å². The number of hydrogen-bond donors (Lipinski definition) is 0. The van der Waals surface area contributed by atoms with Crippen LogP contribution in [0.2, 0.25) is 5.02 Å². The number of carbonyl (C=O) groups is 1. The van der Waals surface area contributed by atoms with Crippen molar-refractivity contribution in [2.24, 2.45) is 0 Å². The molecule has 4 heteroatoms. The molecule has 0 radical (unpaired) electrons. The molecule has 0 aliphatic carbocycles. The van der Waals surface area contributed by atoms with Crippen LogP contribution in [0.15, 0.2) is 24.3 Å². The second kappa shape index (κ2) is 6.14. The molecule has 0 saturated heterocycles. The summed E-state index contributed by atoms with van der Waals surface area (Å²) in [4.78, 5) is 13.3. The third-order valence-corrected chi connectivity index (χ3v) is 2.51. The van der Waals surface area contributed by atoms with E-state index in [-0.39, 0.29) is 5.91 Å². The molecule has 0 aliphatic rings. The molecule has 0 heterocycles. The number of benzene rings is 1. The minimum Gasteiger partial charge on any atom is -0.344 e. The van der Waals surface area contributed by atoms with Crippen LogP contribution in [0, 0.1) is 11.3 Å². The number of hydrogen-bond acceptors (Lipinski definition) is 2. The molecule has 0 fully saturated rings. The van der Waals surface area contributed by atoms with Gasteiger partial charge in [0.2, 0.25) is 5.91 Å². The number of nitriles is 1. The molecule has 1 aromatic rings. The standard InChI is InChI=1S/C12H13ClN2O/c1-15(8-2-7-14)12(16)9-10-3-5-11(13)6-4-10/h3-6H,2,8-9H2,1H3. The smallest absolute Gasteiger partial charge is 0.226 e. The molecule has 1 amide bonds. The van der Waals surface area contributed by atoms with E-state index in [0.29, 0.717) is 24.4 Å². The maximum absolute atomic E-state index is 11.7. The second-order valence-corrected chi connectivity index (χ2v) is 3.96. The van der Waals surface area contributed by atoms with E-state index < -0.39 is 0 Å². The molecule has 0 atom stereocenters. The second-order valence-electron chi connectivity index (χ2n) is 3.53. The molecule has 16 heavy (non-hydrogen) atoms. The molecule has 0 spiro atoms. The van der Waals surface area contributed by atoms with Gasteiger partial charge in [0, 0.05) is 18.6 Å². The highest BCUT2D eigenvalue weighted by Crippen LogP contribution is 2.10. The summed E-state index contributed by atoms with van der Waals surface area (Å²) < 4.78 is 0. The first-order valence-corrected chi connectivity index (χ1v) is 5.36. The molecule has 3 nitrogen and oxygen atoms in total. The van der Waals surface area contributed by atoms with Gasteiger partial charge < -0.3 is 4.90 Å². The van der Waals surface area contributed by atoms with Gasteiger partial charge in [-0.2, -0.15) is 5.26 Å².